The molecule has 1 saturated carbocycles. The Morgan fingerprint density at radius 3 is 2.41 bits per heavy atom. The molecule has 1 heterocycles. The van der Waals surface area contributed by atoms with Crippen LogP contribution in [0.5, 0.6) is 23.0 Å². The summed E-state index contributed by atoms with van der Waals surface area (Å²) in [5.41, 5.74) is -0.343. The van der Waals surface area contributed by atoms with Crippen LogP contribution in [0.4, 0.5) is 4.79 Å². The molecule has 0 radical (unpaired) electrons. The molecule has 0 spiro atoms. The van der Waals surface area contributed by atoms with Crippen LogP contribution in [0.15, 0.2) is 50.9 Å². The van der Waals surface area contributed by atoms with E-state index < -0.39 is 23.0 Å². The van der Waals surface area contributed by atoms with E-state index in [0.29, 0.717) is 0 Å². The minimum atomic E-state index is -0.654. The van der Waals surface area contributed by atoms with Crippen molar-refractivity contribution in [2.24, 2.45) is 11.2 Å². The third-order valence-corrected chi connectivity index (χ3v) is 6.23. The maximum absolute atomic E-state index is 12.1. The summed E-state index contributed by atoms with van der Waals surface area (Å²) in [6.07, 6.45) is 4.19. The minimum Gasteiger partial charge on any atom is -0.508 e. The number of phenols is 3. The van der Waals surface area contributed by atoms with Crippen molar-refractivity contribution >= 4 is 28.6 Å². The second-order valence-corrected chi connectivity index (χ2v) is 9.17. The highest BCUT2D eigenvalue weighted by Crippen LogP contribution is 2.35. The molecule has 0 aliphatic heterocycles. The van der Waals surface area contributed by atoms with Crippen molar-refractivity contribution in [3.63, 3.8) is 0 Å². The highest BCUT2D eigenvalue weighted by atomic mass is 35.5. The van der Waals surface area contributed by atoms with Crippen molar-refractivity contribution in [1.29, 1.82) is 0 Å². The SMILES string of the molecule is CC1CCC(NC(=O)N(CCCl)N=O)CC1.O=c1c(O)c(-c2ccc(O)c(O)c2)oc2cc(O)ccc12. The molecule has 0 saturated heterocycles. The Kier molecular flexibility index (Phi) is 9.18. The number of alkyl halides is 1. The normalized spacial score (nSPS) is 16.9. The van der Waals surface area contributed by atoms with Gasteiger partial charge in [-0.2, -0.15) is 5.01 Å². The summed E-state index contributed by atoms with van der Waals surface area (Å²) in [5, 5.41) is 44.6. The van der Waals surface area contributed by atoms with E-state index in [1.54, 1.807) is 0 Å². The Bertz CT molecular complexity index is 1320. The Morgan fingerprint density at radius 2 is 1.78 bits per heavy atom. The Morgan fingerprint density at radius 1 is 1.08 bits per heavy atom. The lowest BCUT2D eigenvalue weighted by Crippen LogP contribution is -2.44. The van der Waals surface area contributed by atoms with Crippen molar-refractivity contribution in [2.75, 3.05) is 12.4 Å². The van der Waals surface area contributed by atoms with E-state index in [1.807, 2.05) is 0 Å². The van der Waals surface area contributed by atoms with Crippen LogP contribution in [0.1, 0.15) is 32.6 Å². The lowest BCUT2D eigenvalue weighted by molar-refractivity contribution is 0.191. The zero-order valence-corrected chi connectivity index (χ0v) is 20.8. The van der Waals surface area contributed by atoms with Crippen LogP contribution in [0.25, 0.3) is 22.3 Å². The Labute approximate surface area is 216 Å². The molecule has 2 amide bonds. The standard InChI is InChI=1S/C15H10O6.C10H18ClN3O2/c16-8-2-3-9-12(6-8)21-15(14(20)13(9)19)7-1-4-10(17)11(18)5-7;1-8-2-4-9(5-3-8)12-10(15)14(13-16)7-6-11/h1-6,16-18,20H;8-9H,2-7H2,1H3,(H,12,15). The molecule has 1 aliphatic carbocycles. The lowest BCUT2D eigenvalue weighted by Gasteiger charge is -2.27. The van der Waals surface area contributed by atoms with Gasteiger partial charge in [-0.15, -0.1) is 16.5 Å². The van der Waals surface area contributed by atoms with Crippen LogP contribution >= 0.6 is 11.6 Å². The number of hydrogen-bond acceptors (Lipinski definition) is 9. The van der Waals surface area contributed by atoms with Crippen molar-refractivity contribution in [1.82, 2.24) is 10.3 Å². The number of carbonyl (C=O) groups excluding carboxylic acids is 1. The molecule has 1 fully saturated rings. The number of urea groups is 1. The number of nitrogens with zero attached hydrogens (tertiary/aromatic N) is 2. The van der Waals surface area contributed by atoms with Gasteiger partial charge in [-0.25, -0.2) is 4.79 Å². The summed E-state index contributed by atoms with van der Waals surface area (Å²) < 4.78 is 5.43. The fraction of sp³-hybridized carbons (Fsp3) is 0.360. The summed E-state index contributed by atoms with van der Waals surface area (Å²) in [6.45, 7) is 2.37. The number of benzene rings is 2. The molecule has 37 heavy (non-hydrogen) atoms. The number of halogens is 1. The molecule has 0 unspecified atom stereocenters. The second-order valence-electron chi connectivity index (χ2n) is 8.79. The first-order valence-corrected chi connectivity index (χ1v) is 12.2. The fourth-order valence-corrected chi connectivity index (χ4v) is 4.11. The van der Waals surface area contributed by atoms with Gasteiger partial charge in [-0.3, -0.25) is 4.79 Å². The zero-order valence-electron chi connectivity index (χ0n) is 20.1. The van der Waals surface area contributed by atoms with Gasteiger partial charge in [-0.1, -0.05) is 6.92 Å². The van der Waals surface area contributed by atoms with E-state index >= 15 is 0 Å². The summed E-state index contributed by atoms with van der Waals surface area (Å²) in [4.78, 5) is 34.0. The number of phenolic OH excluding ortho intramolecular Hbond substituents is 3. The smallest absolute Gasteiger partial charge is 0.340 e. The van der Waals surface area contributed by atoms with E-state index in [1.165, 1.54) is 30.3 Å². The third-order valence-electron chi connectivity index (χ3n) is 6.06. The van der Waals surface area contributed by atoms with Gasteiger partial charge in [0, 0.05) is 23.6 Å². The van der Waals surface area contributed by atoms with Crippen LogP contribution in [0.2, 0.25) is 0 Å². The number of aromatic hydroxyl groups is 4. The molecule has 11 nitrogen and oxygen atoms in total. The van der Waals surface area contributed by atoms with E-state index in [9.17, 15) is 34.9 Å². The summed E-state index contributed by atoms with van der Waals surface area (Å²) in [6, 6.07) is 7.37. The molecule has 1 aliphatic rings. The molecule has 5 N–H and O–H groups in total. The van der Waals surface area contributed by atoms with Crippen molar-refractivity contribution in [3.05, 3.63) is 51.5 Å². The number of fused-ring (bicyclic) bond motifs is 1. The fourth-order valence-electron chi connectivity index (χ4n) is 3.95. The Balaban J connectivity index is 0.000000214. The Hall–Kier alpha value is -3.99. The van der Waals surface area contributed by atoms with Gasteiger partial charge < -0.3 is 30.2 Å². The number of amides is 2. The number of nitrogens with one attached hydrogen (secondary N) is 1. The van der Waals surface area contributed by atoms with E-state index in [2.05, 4.69) is 17.5 Å². The number of rotatable bonds is 5. The first-order chi connectivity index (χ1) is 17.6. The highest BCUT2D eigenvalue weighted by Gasteiger charge is 2.22. The van der Waals surface area contributed by atoms with Gasteiger partial charge in [0.05, 0.1) is 17.2 Å². The van der Waals surface area contributed by atoms with E-state index in [-0.39, 0.29) is 52.3 Å². The maximum Gasteiger partial charge on any atom is 0.340 e. The molecule has 0 bridgehead atoms. The molecule has 198 valence electrons. The average Bonchev–Trinajstić information content (AvgIpc) is 2.88. The highest BCUT2D eigenvalue weighted by molar-refractivity contribution is 6.18. The number of carbonyl (C=O) groups is 1. The molecule has 2 aromatic carbocycles. The van der Waals surface area contributed by atoms with Gasteiger partial charge in [0.15, 0.2) is 17.3 Å². The quantitative estimate of drug-likeness (QED) is 0.135. The van der Waals surface area contributed by atoms with Crippen LogP contribution < -0.4 is 10.7 Å². The predicted octanol–water partition coefficient (Wildman–Crippen LogP) is 4.78. The molecule has 1 aromatic heterocycles. The van der Waals surface area contributed by atoms with E-state index in [4.69, 9.17) is 16.0 Å². The van der Waals surface area contributed by atoms with Gasteiger partial charge in [0.25, 0.3) is 0 Å². The molecule has 3 aromatic rings. The van der Waals surface area contributed by atoms with Crippen LogP contribution in [-0.4, -0.2) is 49.9 Å². The molecule has 4 rings (SSSR count). The second kappa shape index (κ2) is 12.3. The van der Waals surface area contributed by atoms with Gasteiger partial charge in [0.1, 0.15) is 11.3 Å². The number of hydrogen-bond donors (Lipinski definition) is 5. The summed E-state index contributed by atoms with van der Waals surface area (Å²) >= 11 is 5.46. The predicted molar refractivity (Wildman–Crippen MR) is 138 cm³/mol. The zero-order chi connectivity index (χ0) is 27.1. The van der Waals surface area contributed by atoms with Crippen molar-refractivity contribution < 1.29 is 29.6 Å². The first-order valence-electron chi connectivity index (χ1n) is 11.6. The minimum absolute atomic E-state index is 0.0872. The van der Waals surface area contributed by atoms with E-state index in [0.717, 1.165) is 42.7 Å². The topological polar surface area (TPSA) is 173 Å². The summed E-state index contributed by atoms with van der Waals surface area (Å²) in [7, 11) is 0. The molecular formula is C25H28ClN3O8. The van der Waals surface area contributed by atoms with Gasteiger partial charge >= 0.3 is 6.03 Å². The van der Waals surface area contributed by atoms with Crippen molar-refractivity contribution in [2.45, 2.75) is 38.6 Å². The third kappa shape index (κ3) is 6.82. The first kappa shape index (κ1) is 27.6. The van der Waals surface area contributed by atoms with Crippen molar-refractivity contribution in [3.8, 4) is 34.3 Å². The molecule has 0 atom stereocenters. The molecule has 12 heteroatoms. The van der Waals surface area contributed by atoms with Crippen LogP contribution in [0, 0.1) is 10.8 Å². The van der Waals surface area contributed by atoms with Gasteiger partial charge in [0.2, 0.25) is 11.2 Å². The van der Waals surface area contributed by atoms with Crippen LogP contribution in [-0.2, 0) is 0 Å². The largest absolute Gasteiger partial charge is 0.508 e. The average molecular weight is 534 g/mol. The monoisotopic (exact) mass is 533 g/mol. The molecular weight excluding hydrogens is 506 g/mol. The lowest BCUT2D eigenvalue weighted by atomic mass is 9.87. The summed E-state index contributed by atoms with van der Waals surface area (Å²) in [5.74, 6) is -0.663. The van der Waals surface area contributed by atoms with Gasteiger partial charge in [-0.05, 0) is 61.9 Å². The number of nitroso groups, excluding NO2 is 1. The van der Waals surface area contributed by atoms with Crippen LogP contribution in [0.3, 0.4) is 0 Å². The maximum atomic E-state index is 12.1.